The van der Waals surface area contributed by atoms with Crippen LogP contribution in [0.25, 0.3) is 114 Å². The summed E-state index contributed by atoms with van der Waals surface area (Å²) in [4.78, 5) is 5.43. The number of aromatic nitrogens is 4. The predicted molar refractivity (Wildman–Crippen MR) is 220 cm³/mol. The van der Waals surface area contributed by atoms with E-state index in [9.17, 15) is 0 Å². The lowest BCUT2D eigenvalue weighted by molar-refractivity contribution is 0.956. The summed E-state index contributed by atoms with van der Waals surface area (Å²) in [5.74, 6) is 0.887. The molecule has 0 fully saturated rings. The van der Waals surface area contributed by atoms with E-state index >= 15 is 0 Å². The van der Waals surface area contributed by atoms with Crippen molar-refractivity contribution in [3.8, 4) is 22.8 Å². The molecule has 52 heavy (non-hydrogen) atoms. The van der Waals surface area contributed by atoms with Gasteiger partial charge in [0, 0.05) is 47.4 Å². The molecular weight excluding hydrogens is 653 g/mol. The zero-order valence-corrected chi connectivity index (χ0v) is 28.5. The largest absolute Gasteiger partial charge is 0.308 e. The third-order valence-electron chi connectivity index (χ3n) is 11.4. The Morgan fingerprint density at radius 2 is 1.12 bits per heavy atom. The fourth-order valence-corrected chi connectivity index (χ4v) is 10.4. The molecule has 0 unspecified atom stereocenters. The molecule has 0 aliphatic rings. The van der Waals surface area contributed by atoms with E-state index in [4.69, 9.17) is 4.98 Å². The molecule has 0 bridgehead atoms. The minimum Gasteiger partial charge on any atom is -0.308 e. The van der Waals surface area contributed by atoms with Gasteiger partial charge in [0.2, 0.25) is 5.95 Å². The van der Waals surface area contributed by atoms with Gasteiger partial charge in [-0.1, -0.05) is 97.1 Å². The van der Waals surface area contributed by atoms with Gasteiger partial charge in [0.15, 0.2) is 0 Å². The number of imidazole rings is 1. The molecule has 0 atom stereocenters. The van der Waals surface area contributed by atoms with E-state index < -0.39 is 0 Å². The third kappa shape index (κ3) is 3.26. The summed E-state index contributed by atoms with van der Waals surface area (Å²) < 4.78 is 9.92. The minimum atomic E-state index is 0.887. The van der Waals surface area contributed by atoms with Gasteiger partial charge in [-0.25, -0.2) is 4.98 Å². The van der Waals surface area contributed by atoms with Crippen LogP contribution < -0.4 is 0 Å². The summed E-state index contributed by atoms with van der Waals surface area (Å²) in [5, 5.41) is 10.4. The summed E-state index contributed by atoms with van der Waals surface area (Å²) in [6.07, 6.45) is 0. The number of fused-ring (bicyclic) bond motifs is 6. The number of thiophene rings is 1. The highest BCUT2D eigenvalue weighted by Gasteiger charge is 2.27. The van der Waals surface area contributed by atoms with Gasteiger partial charge in [0.05, 0.1) is 38.6 Å². The number of para-hydroxylation sites is 3. The van der Waals surface area contributed by atoms with Gasteiger partial charge in [-0.15, -0.1) is 11.3 Å². The number of hydrogen-bond acceptors (Lipinski definition) is 2. The molecule has 0 aliphatic heterocycles. The SMILES string of the molecule is c1ccc2c(-c3ccc(-n4c(-n5c6ccc7sc8ccc9c%10ccccc%10n%10c%11cccc5c%11c6c7c8c9%10)nc5ccccc54)cc3)cccc2c1. The lowest BCUT2D eigenvalue weighted by Crippen LogP contribution is -2.05. The van der Waals surface area contributed by atoms with Gasteiger partial charge < -0.3 is 4.40 Å². The molecule has 0 amide bonds. The third-order valence-corrected chi connectivity index (χ3v) is 12.5. The molecule has 4 nitrogen and oxygen atoms in total. The Balaban J connectivity index is 1.15. The van der Waals surface area contributed by atoms with E-state index in [1.165, 1.54) is 85.7 Å². The summed E-state index contributed by atoms with van der Waals surface area (Å²) in [7, 11) is 0. The van der Waals surface area contributed by atoms with Crippen LogP contribution in [0.1, 0.15) is 0 Å². The minimum absolute atomic E-state index is 0.887. The van der Waals surface area contributed by atoms with Crippen LogP contribution in [0.15, 0.2) is 158 Å². The van der Waals surface area contributed by atoms with Crippen LogP contribution in [-0.4, -0.2) is 18.5 Å². The Kier molecular flexibility index (Phi) is 4.97. The van der Waals surface area contributed by atoms with Crippen LogP contribution in [0, 0.1) is 0 Å². The molecular formula is C47H26N4S. The van der Waals surface area contributed by atoms with Gasteiger partial charge in [-0.2, -0.15) is 0 Å². The van der Waals surface area contributed by atoms with Crippen LogP contribution in [0.5, 0.6) is 0 Å². The summed E-state index contributed by atoms with van der Waals surface area (Å²) in [6.45, 7) is 0. The topological polar surface area (TPSA) is 27.2 Å². The maximum absolute atomic E-state index is 5.43. The monoisotopic (exact) mass is 678 g/mol. The second-order valence-electron chi connectivity index (χ2n) is 13.9. The van der Waals surface area contributed by atoms with E-state index in [0.717, 1.165) is 28.2 Å². The molecule has 0 spiro atoms. The zero-order chi connectivity index (χ0) is 33.7. The van der Waals surface area contributed by atoms with Crippen LogP contribution in [0.4, 0.5) is 0 Å². The quantitative estimate of drug-likeness (QED) is 0.183. The molecule has 5 aromatic heterocycles. The lowest BCUT2D eigenvalue weighted by Gasteiger charge is -2.14. The van der Waals surface area contributed by atoms with Crippen molar-refractivity contribution in [3.05, 3.63) is 158 Å². The second-order valence-corrected chi connectivity index (χ2v) is 15.0. The molecule has 0 radical (unpaired) electrons. The highest BCUT2D eigenvalue weighted by molar-refractivity contribution is 7.26. The van der Waals surface area contributed by atoms with Crippen molar-refractivity contribution in [3.63, 3.8) is 0 Å². The first-order valence-electron chi connectivity index (χ1n) is 17.7. The molecule has 5 heterocycles. The zero-order valence-electron chi connectivity index (χ0n) is 27.7. The molecule has 0 saturated carbocycles. The van der Waals surface area contributed by atoms with Crippen LogP contribution in [0.2, 0.25) is 0 Å². The second kappa shape index (κ2) is 9.55. The van der Waals surface area contributed by atoms with Crippen molar-refractivity contribution in [1.29, 1.82) is 0 Å². The number of rotatable bonds is 3. The Morgan fingerprint density at radius 3 is 2.04 bits per heavy atom. The lowest BCUT2D eigenvalue weighted by atomic mass is 9.98. The van der Waals surface area contributed by atoms with Crippen molar-refractivity contribution < 1.29 is 0 Å². The summed E-state index contributed by atoms with van der Waals surface area (Å²) >= 11 is 1.90. The van der Waals surface area contributed by atoms with Crippen LogP contribution in [0.3, 0.4) is 0 Å². The fourth-order valence-electron chi connectivity index (χ4n) is 9.27. The average molecular weight is 679 g/mol. The van der Waals surface area contributed by atoms with E-state index in [2.05, 4.69) is 171 Å². The highest BCUT2D eigenvalue weighted by Crippen LogP contribution is 2.50. The Morgan fingerprint density at radius 1 is 0.423 bits per heavy atom. The van der Waals surface area contributed by atoms with E-state index in [-0.39, 0.29) is 0 Å². The molecule has 240 valence electrons. The fraction of sp³-hybridized carbons (Fsp3) is 0. The molecule has 13 aromatic rings. The maximum atomic E-state index is 5.43. The first-order valence-corrected chi connectivity index (χ1v) is 18.5. The van der Waals surface area contributed by atoms with E-state index in [1.807, 2.05) is 11.3 Å². The van der Waals surface area contributed by atoms with Crippen LogP contribution >= 0.6 is 11.3 Å². The number of benzene rings is 8. The van der Waals surface area contributed by atoms with Crippen molar-refractivity contribution in [2.45, 2.75) is 0 Å². The highest BCUT2D eigenvalue weighted by atomic mass is 32.1. The average Bonchev–Trinajstić information content (AvgIpc) is 3.92. The Bertz CT molecular complexity index is 3570. The van der Waals surface area contributed by atoms with Crippen LogP contribution in [-0.2, 0) is 0 Å². The van der Waals surface area contributed by atoms with E-state index in [0.29, 0.717) is 0 Å². The van der Waals surface area contributed by atoms with Crippen molar-refractivity contribution in [2.24, 2.45) is 0 Å². The summed E-state index contributed by atoms with van der Waals surface area (Å²) in [5.41, 5.74) is 11.7. The number of hydrogen-bond donors (Lipinski definition) is 0. The first-order chi connectivity index (χ1) is 25.8. The van der Waals surface area contributed by atoms with Crippen molar-refractivity contribution in [2.75, 3.05) is 0 Å². The normalized spacial score (nSPS) is 12.6. The first kappa shape index (κ1) is 27.1. The van der Waals surface area contributed by atoms with Gasteiger partial charge in [0.1, 0.15) is 0 Å². The maximum Gasteiger partial charge on any atom is 0.220 e. The predicted octanol–water partition coefficient (Wildman–Crippen LogP) is 12.7. The molecule has 8 aromatic carbocycles. The Hall–Kier alpha value is -6.69. The molecule has 0 N–H and O–H groups in total. The summed E-state index contributed by atoms with van der Waals surface area (Å²) in [6, 6.07) is 57.7. The number of nitrogens with zero attached hydrogens (tertiary/aromatic N) is 4. The van der Waals surface area contributed by atoms with Crippen molar-refractivity contribution in [1.82, 2.24) is 18.5 Å². The molecule has 5 heteroatoms. The smallest absolute Gasteiger partial charge is 0.220 e. The molecule has 13 rings (SSSR count). The molecule has 0 saturated heterocycles. The standard InChI is InChI=1S/C47H26N4S/c1-2-11-30-27(9-1)10-7-13-31(30)28-19-21-29(22-20-28)49-36-16-6-4-14-34(36)48-47(49)51-38-18-8-17-37-42(38)43-39(51)24-26-40-44(43)45-41(52-40)25-23-33-32-12-3-5-15-35(32)50(37)46(33)45/h1-26H. The molecule has 0 aliphatic carbocycles. The van der Waals surface area contributed by atoms with Gasteiger partial charge in [-0.3, -0.25) is 9.13 Å². The van der Waals surface area contributed by atoms with Crippen molar-refractivity contribution >= 4 is 102 Å². The van der Waals surface area contributed by atoms with Gasteiger partial charge >= 0.3 is 0 Å². The van der Waals surface area contributed by atoms with Gasteiger partial charge in [0.25, 0.3) is 0 Å². The Labute approximate surface area is 300 Å². The van der Waals surface area contributed by atoms with E-state index in [1.54, 1.807) is 0 Å². The van der Waals surface area contributed by atoms with Gasteiger partial charge in [-0.05, 0) is 82.6 Å².